The molecule has 28 heavy (non-hydrogen) atoms. The first-order valence-corrected chi connectivity index (χ1v) is 9.65. The lowest BCUT2D eigenvalue weighted by atomic mass is 10.1. The third kappa shape index (κ3) is 5.23. The van der Waals surface area contributed by atoms with Crippen LogP contribution in [0.1, 0.15) is 25.0 Å². The van der Waals surface area contributed by atoms with Gasteiger partial charge in [0.1, 0.15) is 18.2 Å². The van der Waals surface area contributed by atoms with Crippen molar-refractivity contribution < 1.29 is 18.7 Å². The number of amides is 1. The molecule has 2 aromatic rings. The van der Waals surface area contributed by atoms with Gasteiger partial charge in [0.15, 0.2) is 0 Å². The fraction of sp³-hybridized carbons (Fsp3) is 0.409. The lowest BCUT2D eigenvalue weighted by Gasteiger charge is -2.38. The van der Waals surface area contributed by atoms with Gasteiger partial charge in [0.05, 0.1) is 6.61 Å². The monoisotopic (exact) mass is 386 g/mol. The Morgan fingerprint density at radius 2 is 1.86 bits per heavy atom. The SMILES string of the molecule is CC1CNCC(C)N1C(=O)OCc1cc(OCCc2ccccc2)ccc1F. The first-order valence-electron chi connectivity index (χ1n) is 9.65. The molecule has 2 atom stereocenters. The average molecular weight is 386 g/mol. The normalized spacial score (nSPS) is 19.3. The molecular formula is C22H27FN2O3. The standard InChI is InChI=1S/C22H27FN2O3/c1-16-13-24-14-17(2)25(16)22(26)28-15-19-12-20(8-9-21(19)23)27-11-10-18-6-4-3-5-7-18/h3-9,12,16-17,24H,10-11,13-15H2,1-2H3. The minimum atomic E-state index is -0.420. The van der Waals surface area contributed by atoms with E-state index in [4.69, 9.17) is 9.47 Å². The Hall–Kier alpha value is -2.60. The van der Waals surface area contributed by atoms with Crippen LogP contribution in [-0.2, 0) is 17.8 Å². The van der Waals surface area contributed by atoms with Crippen LogP contribution in [0.3, 0.4) is 0 Å². The van der Waals surface area contributed by atoms with E-state index in [1.165, 1.54) is 11.6 Å². The highest BCUT2D eigenvalue weighted by Crippen LogP contribution is 2.19. The number of rotatable bonds is 6. The summed E-state index contributed by atoms with van der Waals surface area (Å²) in [5.74, 6) is 0.150. The maximum Gasteiger partial charge on any atom is 0.410 e. The number of carbonyl (C=O) groups excluding carboxylic acids is 1. The molecule has 1 N–H and O–H groups in total. The van der Waals surface area contributed by atoms with Crippen LogP contribution in [0, 0.1) is 5.82 Å². The van der Waals surface area contributed by atoms with Gasteiger partial charge in [-0.1, -0.05) is 30.3 Å². The van der Waals surface area contributed by atoms with Crippen molar-refractivity contribution in [2.45, 2.75) is 39.0 Å². The number of piperazine rings is 1. The first kappa shape index (κ1) is 20.1. The van der Waals surface area contributed by atoms with E-state index in [0.717, 1.165) is 19.5 Å². The van der Waals surface area contributed by atoms with Crippen molar-refractivity contribution in [1.82, 2.24) is 10.2 Å². The van der Waals surface area contributed by atoms with Gasteiger partial charge in [-0.15, -0.1) is 0 Å². The third-order valence-corrected chi connectivity index (χ3v) is 4.91. The Balaban J connectivity index is 1.55. The number of hydrogen-bond donors (Lipinski definition) is 1. The molecule has 6 heteroatoms. The summed E-state index contributed by atoms with van der Waals surface area (Å²) in [5.41, 5.74) is 1.49. The Kier molecular flexibility index (Phi) is 6.87. The van der Waals surface area contributed by atoms with Crippen LogP contribution in [0.15, 0.2) is 48.5 Å². The largest absolute Gasteiger partial charge is 0.493 e. The van der Waals surface area contributed by atoms with Crippen molar-refractivity contribution in [3.05, 3.63) is 65.5 Å². The fourth-order valence-corrected chi connectivity index (χ4v) is 3.39. The minimum absolute atomic E-state index is 0.0359. The molecule has 0 bridgehead atoms. The molecule has 0 radical (unpaired) electrons. The molecule has 1 aliphatic heterocycles. The van der Waals surface area contributed by atoms with E-state index in [1.54, 1.807) is 17.0 Å². The summed E-state index contributed by atoms with van der Waals surface area (Å²) in [7, 11) is 0. The Bertz CT molecular complexity index is 775. The van der Waals surface area contributed by atoms with Gasteiger partial charge in [0.25, 0.3) is 0 Å². The van der Waals surface area contributed by atoms with Crippen LogP contribution < -0.4 is 10.1 Å². The molecule has 1 amide bonds. The van der Waals surface area contributed by atoms with Crippen LogP contribution in [-0.4, -0.2) is 42.8 Å². The van der Waals surface area contributed by atoms with Crippen LogP contribution in [0.5, 0.6) is 5.75 Å². The van der Waals surface area contributed by atoms with E-state index in [0.29, 0.717) is 17.9 Å². The zero-order valence-corrected chi connectivity index (χ0v) is 16.4. The topological polar surface area (TPSA) is 50.8 Å². The number of halogens is 1. The first-order chi connectivity index (χ1) is 13.5. The smallest absolute Gasteiger partial charge is 0.410 e. The summed E-state index contributed by atoms with van der Waals surface area (Å²) in [6.07, 6.45) is 0.345. The van der Waals surface area contributed by atoms with E-state index >= 15 is 0 Å². The highest BCUT2D eigenvalue weighted by atomic mass is 19.1. The van der Waals surface area contributed by atoms with Gasteiger partial charge < -0.3 is 19.7 Å². The lowest BCUT2D eigenvalue weighted by molar-refractivity contribution is 0.0557. The van der Waals surface area contributed by atoms with Gasteiger partial charge in [-0.25, -0.2) is 9.18 Å². The van der Waals surface area contributed by atoms with E-state index in [2.05, 4.69) is 5.32 Å². The van der Waals surface area contributed by atoms with Gasteiger partial charge in [-0.05, 0) is 37.6 Å². The van der Waals surface area contributed by atoms with Gasteiger partial charge in [0, 0.05) is 37.2 Å². The van der Waals surface area contributed by atoms with Crippen molar-refractivity contribution in [3.63, 3.8) is 0 Å². The zero-order chi connectivity index (χ0) is 19.9. The molecule has 0 aromatic heterocycles. The molecule has 0 aliphatic carbocycles. The molecular weight excluding hydrogens is 359 g/mol. The summed E-state index contributed by atoms with van der Waals surface area (Å²) in [6.45, 7) is 5.74. The Labute approximate surface area is 165 Å². The van der Waals surface area contributed by atoms with Crippen LogP contribution >= 0.6 is 0 Å². The summed E-state index contributed by atoms with van der Waals surface area (Å²) in [6, 6.07) is 14.6. The van der Waals surface area contributed by atoms with E-state index in [1.807, 2.05) is 44.2 Å². The maximum atomic E-state index is 14.1. The second-order valence-electron chi connectivity index (χ2n) is 7.16. The quantitative estimate of drug-likeness (QED) is 0.821. The number of carbonyl (C=O) groups is 1. The molecule has 2 unspecified atom stereocenters. The molecule has 1 heterocycles. The van der Waals surface area contributed by atoms with E-state index < -0.39 is 11.9 Å². The lowest BCUT2D eigenvalue weighted by Crippen LogP contribution is -2.57. The molecule has 1 aliphatic rings. The van der Waals surface area contributed by atoms with Crippen LogP contribution in [0.4, 0.5) is 9.18 Å². The highest BCUT2D eigenvalue weighted by molar-refractivity contribution is 5.68. The molecule has 3 rings (SSSR count). The predicted octanol–water partition coefficient (Wildman–Crippen LogP) is 3.77. The third-order valence-electron chi connectivity index (χ3n) is 4.91. The number of nitrogens with zero attached hydrogens (tertiary/aromatic N) is 1. The minimum Gasteiger partial charge on any atom is -0.493 e. The van der Waals surface area contributed by atoms with Gasteiger partial charge in [-0.3, -0.25) is 0 Å². The fourth-order valence-electron chi connectivity index (χ4n) is 3.39. The summed E-state index contributed by atoms with van der Waals surface area (Å²) < 4.78 is 25.3. The summed E-state index contributed by atoms with van der Waals surface area (Å²) in [4.78, 5) is 14.1. The molecule has 1 fully saturated rings. The molecule has 0 saturated carbocycles. The van der Waals surface area contributed by atoms with Crippen molar-refractivity contribution in [2.75, 3.05) is 19.7 Å². The van der Waals surface area contributed by atoms with Crippen LogP contribution in [0.25, 0.3) is 0 Å². The van der Waals surface area contributed by atoms with Crippen LogP contribution in [0.2, 0.25) is 0 Å². The predicted molar refractivity (Wildman–Crippen MR) is 106 cm³/mol. The highest BCUT2D eigenvalue weighted by Gasteiger charge is 2.30. The van der Waals surface area contributed by atoms with Gasteiger partial charge in [0.2, 0.25) is 0 Å². The molecule has 2 aromatic carbocycles. The van der Waals surface area contributed by atoms with E-state index in [9.17, 15) is 9.18 Å². The molecule has 0 spiro atoms. The maximum absolute atomic E-state index is 14.1. The number of hydrogen-bond acceptors (Lipinski definition) is 4. The Morgan fingerprint density at radius 3 is 2.57 bits per heavy atom. The number of nitrogens with one attached hydrogen (secondary N) is 1. The summed E-state index contributed by atoms with van der Waals surface area (Å²) in [5, 5.41) is 3.26. The van der Waals surface area contributed by atoms with Crippen molar-refractivity contribution in [3.8, 4) is 5.75 Å². The number of benzene rings is 2. The second kappa shape index (κ2) is 9.55. The molecule has 5 nitrogen and oxygen atoms in total. The average Bonchev–Trinajstić information content (AvgIpc) is 2.69. The van der Waals surface area contributed by atoms with Crippen molar-refractivity contribution >= 4 is 6.09 Å². The van der Waals surface area contributed by atoms with Gasteiger partial charge in [-0.2, -0.15) is 0 Å². The summed E-state index contributed by atoms with van der Waals surface area (Å²) >= 11 is 0. The van der Waals surface area contributed by atoms with Crippen molar-refractivity contribution in [2.24, 2.45) is 0 Å². The molecule has 150 valence electrons. The zero-order valence-electron chi connectivity index (χ0n) is 16.4. The molecule has 1 saturated heterocycles. The van der Waals surface area contributed by atoms with Crippen molar-refractivity contribution in [1.29, 1.82) is 0 Å². The number of ether oxygens (including phenoxy) is 2. The van der Waals surface area contributed by atoms with E-state index in [-0.39, 0.29) is 18.7 Å². The second-order valence-corrected chi connectivity index (χ2v) is 7.16. The van der Waals surface area contributed by atoms with Gasteiger partial charge >= 0.3 is 6.09 Å². The Morgan fingerprint density at radius 1 is 1.14 bits per heavy atom.